The maximum Gasteiger partial charge on any atom is 0.429 e. The zero-order valence-corrected chi connectivity index (χ0v) is 10.3. The number of nitrogens with zero attached hydrogens (tertiary/aromatic N) is 2. The normalized spacial score (nSPS) is 31.2. The van der Waals surface area contributed by atoms with Crippen LogP contribution in [0.4, 0.5) is 0 Å². The van der Waals surface area contributed by atoms with Gasteiger partial charge in [0.15, 0.2) is 4.98 Å². The lowest BCUT2D eigenvalue weighted by Gasteiger charge is -2.36. The van der Waals surface area contributed by atoms with Crippen molar-refractivity contribution in [2.45, 2.75) is 46.1 Å². The SMILES string of the molecule is CC(C)[C@H]1CC[C@H](C)C[C@@H]1O/C(O)=C/[N+]#N. The lowest BCUT2D eigenvalue weighted by Crippen LogP contribution is -2.34. The van der Waals surface area contributed by atoms with Crippen LogP contribution in [0.25, 0.3) is 4.98 Å². The van der Waals surface area contributed by atoms with Crippen LogP contribution in [0.1, 0.15) is 40.0 Å². The largest absolute Gasteiger partial charge is 0.476 e. The lowest BCUT2D eigenvalue weighted by molar-refractivity contribution is -0.0438. The van der Waals surface area contributed by atoms with E-state index in [-0.39, 0.29) is 12.0 Å². The van der Waals surface area contributed by atoms with Gasteiger partial charge in [-0.2, -0.15) is 0 Å². The minimum Gasteiger partial charge on any atom is -0.476 e. The number of rotatable bonds is 3. The van der Waals surface area contributed by atoms with Crippen molar-refractivity contribution in [3.8, 4) is 0 Å². The smallest absolute Gasteiger partial charge is 0.429 e. The van der Waals surface area contributed by atoms with E-state index in [9.17, 15) is 5.11 Å². The Morgan fingerprint density at radius 1 is 1.50 bits per heavy atom. The fourth-order valence-corrected chi connectivity index (χ4v) is 2.49. The van der Waals surface area contributed by atoms with Crippen LogP contribution in [0.3, 0.4) is 0 Å². The molecule has 4 heteroatoms. The fraction of sp³-hybridized carbons (Fsp3) is 0.833. The molecule has 1 fully saturated rings. The Morgan fingerprint density at radius 2 is 2.19 bits per heavy atom. The zero-order valence-electron chi connectivity index (χ0n) is 10.3. The lowest BCUT2D eigenvalue weighted by atomic mass is 9.75. The first-order valence-corrected chi connectivity index (χ1v) is 5.94. The molecule has 90 valence electrons. The van der Waals surface area contributed by atoms with Crippen molar-refractivity contribution in [1.29, 1.82) is 5.39 Å². The summed E-state index contributed by atoms with van der Waals surface area (Å²) >= 11 is 0. The third-order valence-corrected chi connectivity index (χ3v) is 3.40. The summed E-state index contributed by atoms with van der Waals surface area (Å²) in [6, 6.07) is 0. The molecule has 0 radical (unpaired) electrons. The number of hydrogen-bond acceptors (Lipinski definition) is 3. The van der Waals surface area contributed by atoms with Gasteiger partial charge in [0.1, 0.15) is 6.10 Å². The highest BCUT2D eigenvalue weighted by Gasteiger charge is 2.33. The summed E-state index contributed by atoms with van der Waals surface area (Å²) in [4.78, 5) is 2.75. The molecule has 1 N–H and O–H groups in total. The van der Waals surface area contributed by atoms with E-state index >= 15 is 0 Å². The van der Waals surface area contributed by atoms with Gasteiger partial charge in [-0.1, -0.05) is 27.2 Å². The molecular formula is C12H21N2O2+. The summed E-state index contributed by atoms with van der Waals surface area (Å²) in [6.07, 6.45) is 4.26. The molecule has 0 aromatic carbocycles. The standard InChI is InChI=1S/C12H20N2O2/c1-8(2)10-5-4-9(3)6-11(10)16-12(15)7-14-13/h7-11H,4-6H2,1-3H3/p+1/b12-7+/t9-,10+,11-/m0/s1. The minimum absolute atomic E-state index is 0.0294. The molecule has 0 bridgehead atoms. The summed E-state index contributed by atoms with van der Waals surface area (Å²) in [7, 11) is 0. The highest BCUT2D eigenvalue weighted by atomic mass is 16.6. The molecule has 4 nitrogen and oxygen atoms in total. The van der Waals surface area contributed by atoms with E-state index in [0.29, 0.717) is 17.8 Å². The van der Waals surface area contributed by atoms with E-state index in [1.807, 2.05) is 0 Å². The topological polar surface area (TPSA) is 57.6 Å². The zero-order chi connectivity index (χ0) is 12.1. The Hall–Kier alpha value is -1.24. The first-order chi connectivity index (χ1) is 7.54. The van der Waals surface area contributed by atoms with E-state index in [1.165, 1.54) is 6.42 Å². The molecule has 0 heterocycles. The summed E-state index contributed by atoms with van der Waals surface area (Å²) in [5, 5.41) is 17.7. The Balaban J connectivity index is 2.65. The Bertz CT molecular complexity index is 294. The van der Waals surface area contributed by atoms with Crippen LogP contribution in [0.5, 0.6) is 0 Å². The molecule has 0 aliphatic heterocycles. The van der Waals surface area contributed by atoms with Gasteiger partial charge >= 0.3 is 12.1 Å². The second-order valence-corrected chi connectivity index (χ2v) is 5.07. The van der Waals surface area contributed by atoms with Crippen LogP contribution in [0, 0.1) is 23.1 Å². The predicted molar refractivity (Wildman–Crippen MR) is 62.0 cm³/mol. The van der Waals surface area contributed by atoms with Gasteiger partial charge in [-0.3, -0.25) is 0 Å². The van der Waals surface area contributed by atoms with Crippen molar-refractivity contribution in [3.63, 3.8) is 0 Å². The molecule has 0 spiro atoms. The van der Waals surface area contributed by atoms with Crippen LogP contribution in [0.15, 0.2) is 12.1 Å². The highest BCUT2D eigenvalue weighted by Crippen LogP contribution is 2.35. The first-order valence-electron chi connectivity index (χ1n) is 5.94. The van der Waals surface area contributed by atoms with Crippen molar-refractivity contribution in [1.82, 2.24) is 0 Å². The first kappa shape index (κ1) is 12.8. The maximum absolute atomic E-state index is 9.37. The molecule has 3 atom stereocenters. The summed E-state index contributed by atoms with van der Waals surface area (Å²) in [6.45, 7) is 6.55. The van der Waals surface area contributed by atoms with E-state index in [2.05, 4.69) is 25.7 Å². The second kappa shape index (κ2) is 5.74. The molecule has 0 aromatic rings. The second-order valence-electron chi connectivity index (χ2n) is 5.07. The average molecular weight is 225 g/mol. The number of ether oxygens (including phenoxy) is 1. The molecule has 1 aliphatic rings. The maximum atomic E-state index is 9.37. The highest BCUT2D eigenvalue weighted by molar-refractivity contribution is 4.91. The van der Waals surface area contributed by atoms with E-state index in [4.69, 9.17) is 10.1 Å². The Kier molecular flexibility index (Phi) is 4.60. The van der Waals surface area contributed by atoms with Crippen molar-refractivity contribution in [2.24, 2.45) is 17.8 Å². The van der Waals surface area contributed by atoms with Crippen molar-refractivity contribution in [2.75, 3.05) is 0 Å². The van der Waals surface area contributed by atoms with Crippen molar-refractivity contribution >= 4 is 0 Å². The summed E-state index contributed by atoms with van der Waals surface area (Å²) in [5.74, 6) is 1.33. The third-order valence-electron chi connectivity index (χ3n) is 3.40. The van der Waals surface area contributed by atoms with Gasteiger partial charge in [0.25, 0.3) is 0 Å². The summed E-state index contributed by atoms with van der Waals surface area (Å²) in [5.41, 5.74) is 0. The molecule has 0 aromatic heterocycles. The molecule has 1 rings (SSSR count). The van der Waals surface area contributed by atoms with E-state index in [1.54, 1.807) is 0 Å². The predicted octanol–water partition coefficient (Wildman–Crippen LogP) is 3.67. The van der Waals surface area contributed by atoms with Gasteiger partial charge in [0.05, 0.1) is 0 Å². The van der Waals surface area contributed by atoms with Gasteiger partial charge in [0, 0.05) is 0 Å². The average Bonchev–Trinajstić information content (AvgIpc) is 2.17. The van der Waals surface area contributed by atoms with Crippen LogP contribution >= 0.6 is 0 Å². The number of aliphatic hydroxyl groups is 1. The van der Waals surface area contributed by atoms with Crippen LogP contribution in [0.2, 0.25) is 0 Å². The van der Waals surface area contributed by atoms with Crippen LogP contribution in [-0.4, -0.2) is 11.2 Å². The quantitative estimate of drug-likeness (QED) is 0.589. The van der Waals surface area contributed by atoms with E-state index in [0.717, 1.165) is 19.0 Å². The van der Waals surface area contributed by atoms with Gasteiger partial charge in [-0.05, 0) is 30.6 Å². The molecule has 0 saturated heterocycles. The number of aliphatic hydroxyl groups excluding tert-OH is 1. The molecule has 1 aliphatic carbocycles. The third kappa shape index (κ3) is 3.41. The van der Waals surface area contributed by atoms with Gasteiger partial charge in [-0.25, -0.2) is 0 Å². The fourth-order valence-electron chi connectivity index (χ4n) is 2.49. The van der Waals surface area contributed by atoms with E-state index < -0.39 is 0 Å². The molecule has 0 amide bonds. The van der Waals surface area contributed by atoms with Gasteiger partial charge < -0.3 is 9.84 Å². The number of hydrogen-bond donors (Lipinski definition) is 1. The van der Waals surface area contributed by atoms with Crippen molar-refractivity contribution < 1.29 is 9.84 Å². The number of diazo groups is 1. The van der Waals surface area contributed by atoms with Gasteiger partial charge in [-0.15, -0.1) is 0 Å². The molecule has 1 saturated carbocycles. The monoisotopic (exact) mass is 225 g/mol. The Labute approximate surface area is 96.9 Å². The minimum atomic E-state index is -0.299. The summed E-state index contributed by atoms with van der Waals surface area (Å²) < 4.78 is 5.44. The Morgan fingerprint density at radius 3 is 2.75 bits per heavy atom. The molecule has 0 unspecified atom stereocenters. The molecule has 16 heavy (non-hydrogen) atoms. The van der Waals surface area contributed by atoms with Gasteiger partial charge in [0.2, 0.25) is 5.39 Å². The molecular weight excluding hydrogens is 204 g/mol. The van der Waals surface area contributed by atoms with Crippen LogP contribution < -0.4 is 0 Å². The van der Waals surface area contributed by atoms with Crippen molar-refractivity contribution in [3.05, 3.63) is 17.1 Å². The van der Waals surface area contributed by atoms with Crippen LogP contribution in [-0.2, 0) is 4.74 Å².